The molecular formula is C9H9ClN2. The van der Waals surface area contributed by atoms with E-state index in [-0.39, 0.29) is 5.17 Å². The van der Waals surface area contributed by atoms with Gasteiger partial charge in [0.05, 0.1) is 0 Å². The average Bonchev–Trinajstić information content (AvgIpc) is 2.87. The van der Waals surface area contributed by atoms with Crippen molar-refractivity contribution in [2.75, 3.05) is 0 Å². The van der Waals surface area contributed by atoms with Gasteiger partial charge in [-0.3, -0.25) is 10.4 Å². The van der Waals surface area contributed by atoms with E-state index in [1.807, 2.05) is 6.07 Å². The minimum Gasteiger partial charge on any atom is -0.289 e. The van der Waals surface area contributed by atoms with Gasteiger partial charge in [-0.1, -0.05) is 11.6 Å². The van der Waals surface area contributed by atoms with Crippen LogP contribution < -0.4 is 0 Å². The Morgan fingerprint density at radius 3 is 2.92 bits per heavy atom. The van der Waals surface area contributed by atoms with Gasteiger partial charge in [0.25, 0.3) is 0 Å². The average molecular weight is 181 g/mol. The van der Waals surface area contributed by atoms with Crippen molar-refractivity contribution >= 4 is 16.8 Å². The highest BCUT2D eigenvalue weighted by molar-refractivity contribution is 6.68. The zero-order chi connectivity index (χ0) is 8.55. The molecule has 0 bridgehead atoms. The summed E-state index contributed by atoms with van der Waals surface area (Å²) in [5.74, 6) is 0.626. The van der Waals surface area contributed by atoms with Gasteiger partial charge in [0.1, 0.15) is 5.17 Å². The number of hydrogen-bond donors (Lipinski definition) is 1. The van der Waals surface area contributed by atoms with Crippen molar-refractivity contribution in [3.05, 3.63) is 29.6 Å². The second kappa shape index (κ2) is 2.87. The van der Waals surface area contributed by atoms with Gasteiger partial charge in [0.2, 0.25) is 0 Å². The van der Waals surface area contributed by atoms with E-state index in [0.29, 0.717) is 5.92 Å². The molecule has 0 saturated heterocycles. The van der Waals surface area contributed by atoms with E-state index in [9.17, 15) is 0 Å². The number of nitrogens with one attached hydrogen (secondary N) is 1. The molecule has 2 rings (SSSR count). The summed E-state index contributed by atoms with van der Waals surface area (Å²) >= 11 is 5.56. The summed E-state index contributed by atoms with van der Waals surface area (Å²) in [5, 5.41) is 7.33. The molecule has 1 heterocycles. The van der Waals surface area contributed by atoms with Crippen LogP contribution in [0.25, 0.3) is 0 Å². The van der Waals surface area contributed by atoms with Crippen LogP contribution in [0.3, 0.4) is 0 Å². The van der Waals surface area contributed by atoms with E-state index in [1.54, 1.807) is 12.3 Å². The lowest BCUT2D eigenvalue weighted by Crippen LogP contribution is -1.93. The topological polar surface area (TPSA) is 36.7 Å². The van der Waals surface area contributed by atoms with Crippen LogP contribution >= 0.6 is 11.6 Å². The number of hydrogen-bond acceptors (Lipinski definition) is 2. The molecule has 0 radical (unpaired) electrons. The molecule has 62 valence electrons. The SMILES string of the molecule is N=C(Cl)c1ccnc(C2CC2)c1. The number of halogens is 1. The lowest BCUT2D eigenvalue weighted by Gasteiger charge is -1.99. The third kappa shape index (κ3) is 1.48. The van der Waals surface area contributed by atoms with E-state index in [4.69, 9.17) is 17.0 Å². The molecule has 1 saturated carbocycles. The van der Waals surface area contributed by atoms with Gasteiger partial charge in [-0.15, -0.1) is 0 Å². The molecule has 1 aromatic rings. The summed E-state index contributed by atoms with van der Waals surface area (Å²) in [5.41, 5.74) is 1.85. The maximum Gasteiger partial charge on any atom is 0.128 e. The summed E-state index contributed by atoms with van der Waals surface area (Å²) in [6.07, 6.45) is 4.18. The van der Waals surface area contributed by atoms with Gasteiger partial charge in [0, 0.05) is 23.4 Å². The summed E-state index contributed by atoms with van der Waals surface area (Å²) < 4.78 is 0. The largest absolute Gasteiger partial charge is 0.289 e. The van der Waals surface area contributed by atoms with Gasteiger partial charge < -0.3 is 0 Å². The molecule has 1 aromatic heterocycles. The minimum absolute atomic E-state index is 0.0966. The van der Waals surface area contributed by atoms with Crippen LogP contribution in [0.1, 0.15) is 30.0 Å². The summed E-state index contributed by atoms with van der Waals surface area (Å²) in [6, 6.07) is 3.67. The van der Waals surface area contributed by atoms with Gasteiger partial charge >= 0.3 is 0 Å². The first kappa shape index (κ1) is 7.74. The fraction of sp³-hybridized carbons (Fsp3) is 0.333. The quantitative estimate of drug-likeness (QED) is 0.698. The number of aromatic nitrogens is 1. The highest BCUT2D eigenvalue weighted by Gasteiger charge is 2.24. The molecular weight excluding hydrogens is 172 g/mol. The monoisotopic (exact) mass is 180 g/mol. The molecule has 0 atom stereocenters. The van der Waals surface area contributed by atoms with Crippen LogP contribution in [-0.4, -0.2) is 10.2 Å². The lowest BCUT2D eigenvalue weighted by molar-refractivity contribution is 1.02. The van der Waals surface area contributed by atoms with Crippen LogP contribution in [0, 0.1) is 5.41 Å². The Balaban J connectivity index is 2.32. The fourth-order valence-electron chi connectivity index (χ4n) is 1.19. The summed E-state index contributed by atoms with van der Waals surface area (Å²) in [6.45, 7) is 0. The predicted molar refractivity (Wildman–Crippen MR) is 48.9 cm³/mol. The first-order chi connectivity index (χ1) is 5.77. The van der Waals surface area contributed by atoms with Crippen molar-refractivity contribution in [1.82, 2.24) is 4.98 Å². The Kier molecular flexibility index (Phi) is 1.85. The van der Waals surface area contributed by atoms with Crippen molar-refractivity contribution in [2.45, 2.75) is 18.8 Å². The first-order valence-electron chi connectivity index (χ1n) is 3.98. The molecule has 0 unspecified atom stereocenters. The van der Waals surface area contributed by atoms with Crippen LogP contribution in [-0.2, 0) is 0 Å². The van der Waals surface area contributed by atoms with Crippen molar-refractivity contribution in [2.24, 2.45) is 0 Å². The summed E-state index contributed by atoms with van der Waals surface area (Å²) in [7, 11) is 0. The number of pyridine rings is 1. The van der Waals surface area contributed by atoms with E-state index < -0.39 is 0 Å². The Bertz CT molecular complexity index is 318. The molecule has 0 spiro atoms. The van der Waals surface area contributed by atoms with Crippen LogP contribution in [0.5, 0.6) is 0 Å². The Morgan fingerprint density at radius 2 is 2.33 bits per heavy atom. The number of rotatable bonds is 2. The third-order valence-corrected chi connectivity index (χ3v) is 2.25. The fourth-order valence-corrected chi connectivity index (χ4v) is 1.30. The van der Waals surface area contributed by atoms with E-state index >= 15 is 0 Å². The molecule has 1 N–H and O–H groups in total. The maximum absolute atomic E-state index is 7.23. The smallest absolute Gasteiger partial charge is 0.128 e. The molecule has 1 aliphatic carbocycles. The van der Waals surface area contributed by atoms with Crippen molar-refractivity contribution in [3.63, 3.8) is 0 Å². The Hall–Kier alpha value is -0.890. The molecule has 12 heavy (non-hydrogen) atoms. The Labute approximate surface area is 76.1 Å². The highest BCUT2D eigenvalue weighted by Crippen LogP contribution is 2.38. The molecule has 1 aliphatic rings. The molecule has 0 aromatic carbocycles. The minimum atomic E-state index is 0.0966. The van der Waals surface area contributed by atoms with Gasteiger partial charge in [-0.2, -0.15) is 0 Å². The number of nitrogens with zero attached hydrogens (tertiary/aromatic N) is 1. The van der Waals surface area contributed by atoms with Gasteiger partial charge in [0.15, 0.2) is 0 Å². The standard InChI is InChI=1S/C9H9ClN2/c10-9(11)7-3-4-12-8(5-7)6-1-2-6/h3-6,11H,1-2H2. The Morgan fingerprint density at radius 1 is 1.58 bits per heavy atom. The zero-order valence-electron chi connectivity index (χ0n) is 6.55. The second-order valence-electron chi connectivity index (χ2n) is 3.06. The zero-order valence-corrected chi connectivity index (χ0v) is 7.30. The van der Waals surface area contributed by atoms with E-state index in [1.165, 1.54) is 12.8 Å². The van der Waals surface area contributed by atoms with Crippen LogP contribution in [0.2, 0.25) is 0 Å². The van der Waals surface area contributed by atoms with Crippen molar-refractivity contribution in [3.8, 4) is 0 Å². The molecule has 2 nitrogen and oxygen atoms in total. The molecule has 0 aliphatic heterocycles. The van der Waals surface area contributed by atoms with Crippen molar-refractivity contribution in [1.29, 1.82) is 5.41 Å². The molecule has 1 fully saturated rings. The molecule has 3 heteroatoms. The summed E-state index contributed by atoms with van der Waals surface area (Å²) in [4.78, 5) is 4.23. The highest BCUT2D eigenvalue weighted by atomic mass is 35.5. The maximum atomic E-state index is 7.23. The third-order valence-electron chi connectivity index (χ3n) is 2.03. The second-order valence-corrected chi connectivity index (χ2v) is 3.44. The van der Waals surface area contributed by atoms with Crippen molar-refractivity contribution < 1.29 is 0 Å². The van der Waals surface area contributed by atoms with Crippen LogP contribution in [0.4, 0.5) is 0 Å². The lowest BCUT2D eigenvalue weighted by atomic mass is 10.2. The van der Waals surface area contributed by atoms with Gasteiger partial charge in [-0.25, -0.2) is 0 Å². The van der Waals surface area contributed by atoms with E-state index in [2.05, 4.69) is 4.98 Å². The van der Waals surface area contributed by atoms with Gasteiger partial charge in [-0.05, 0) is 25.0 Å². The molecule has 0 amide bonds. The first-order valence-corrected chi connectivity index (χ1v) is 4.35. The van der Waals surface area contributed by atoms with Crippen LogP contribution in [0.15, 0.2) is 18.3 Å². The predicted octanol–water partition coefficient (Wildman–Crippen LogP) is 2.52. The van der Waals surface area contributed by atoms with E-state index in [0.717, 1.165) is 11.3 Å². The normalized spacial score (nSPS) is 16.1.